The molecule has 1 aliphatic heterocycles. The SMILES string of the molecule is Cc1cnccc1-c1cnc(N(C)C)nc1[C@H]1CCCCN1C(=O)c1ccc(N(C)C)cc1. The number of piperidine rings is 1. The lowest BCUT2D eigenvalue weighted by molar-refractivity contribution is 0.0607. The number of aromatic nitrogens is 3. The standard InChI is InChI=1S/C26H32N6O/c1-18-16-27-14-13-21(18)22-17-28-26(31(4)5)29-24(22)23-8-6-7-15-32(23)25(33)19-9-11-20(12-10-19)30(2)3/h9-14,16-17,23H,6-8,15H2,1-5H3/t23-/m1/s1. The molecule has 0 aliphatic carbocycles. The highest BCUT2D eigenvalue weighted by Gasteiger charge is 2.32. The number of rotatable bonds is 5. The second-order valence-electron chi connectivity index (χ2n) is 9.01. The fourth-order valence-corrected chi connectivity index (χ4v) is 4.36. The van der Waals surface area contributed by atoms with Crippen LogP contribution < -0.4 is 9.80 Å². The van der Waals surface area contributed by atoms with Crippen molar-refractivity contribution in [3.8, 4) is 11.1 Å². The van der Waals surface area contributed by atoms with Crippen LogP contribution in [-0.4, -0.2) is 60.5 Å². The first-order valence-electron chi connectivity index (χ1n) is 11.4. The molecule has 172 valence electrons. The van der Waals surface area contributed by atoms with Crippen LogP contribution in [0.3, 0.4) is 0 Å². The number of aryl methyl sites for hydroxylation is 1. The Bertz CT molecular complexity index is 1130. The fraction of sp³-hybridized carbons (Fsp3) is 0.385. The first-order valence-corrected chi connectivity index (χ1v) is 11.4. The normalized spacial score (nSPS) is 15.9. The van der Waals surface area contributed by atoms with Crippen molar-refractivity contribution in [3.05, 3.63) is 65.7 Å². The highest BCUT2D eigenvalue weighted by molar-refractivity contribution is 5.95. The van der Waals surface area contributed by atoms with Gasteiger partial charge >= 0.3 is 0 Å². The minimum Gasteiger partial charge on any atom is -0.378 e. The zero-order valence-corrected chi connectivity index (χ0v) is 20.1. The summed E-state index contributed by atoms with van der Waals surface area (Å²) >= 11 is 0. The van der Waals surface area contributed by atoms with Crippen molar-refractivity contribution in [3.63, 3.8) is 0 Å². The molecular formula is C26H32N6O. The van der Waals surface area contributed by atoms with Crippen molar-refractivity contribution in [2.75, 3.05) is 44.5 Å². The third kappa shape index (κ3) is 4.67. The van der Waals surface area contributed by atoms with Gasteiger partial charge in [0.15, 0.2) is 0 Å². The zero-order valence-electron chi connectivity index (χ0n) is 20.1. The first kappa shape index (κ1) is 22.7. The van der Waals surface area contributed by atoms with E-state index in [0.717, 1.165) is 53.9 Å². The quantitative estimate of drug-likeness (QED) is 0.583. The molecule has 1 amide bonds. The van der Waals surface area contributed by atoms with Crippen LogP contribution >= 0.6 is 0 Å². The molecule has 1 aliphatic rings. The number of hydrogen-bond acceptors (Lipinski definition) is 6. The van der Waals surface area contributed by atoms with Gasteiger partial charge in [-0.05, 0) is 67.6 Å². The van der Waals surface area contributed by atoms with Gasteiger partial charge in [-0.25, -0.2) is 9.97 Å². The highest BCUT2D eigenvalue weighted by atomic mass is 16.2. The molecule has 0 N–H and O–H groups in total. The Hall–Kier alpha value is -3.48. The van der Waals surface area contributed by atoms with Crippen LogP contribution in [0.1, 0.15) is 46.9 Å². The molecule has 4 rings (SSSR count). The second kappa shape index (κ2) is 9.57. The third-order valence-electron chi connectivity index (χ3n) is 6.23. The Morgan fingerprint density at radius 1 is 0.970 bits per heavy atom. The lowest BCUT2D eigenvalue weighted by Gasteiger charge is -2.36. The van der Waals surface area contributed by atoms with Crippen molar-refractivity contribution in [1.29, 1.82) is 0 Å². The van der Waals surface area contributed by atoms with Crippen LogP contribution in [0.4, 0.5) is 11.6 Å². The molecule has 0 bridgehead atoms. The molecule has 1 aromatic carbocycles. The average Bonchev–Trinajstić information content (AvgIpc) is 2.83. The van der Waals surface area contributed by atoms with Gasteiger partial charge in [0.05, 0.1) is 11.7 Å². The average molecular weight is 445 g/mol. The topological polar surface area (TPSA) is 65.5 Å². The molecule has 1 atom stereocenters. The van der Waals surface area contributed by atoms with E-state index < -0.39 is 0 Å². The summed E-state index contributed by atoms with van der Waals surface area (Å²) in [6.07, 6.45) is 8.47. The van der Waals surface area contributed by atoms with Gasteiger partial charge in [0.1, 0.15) is 0 Å². The number of carbonyl (C=O) groups excluding carboxylic acids is 1. The summed E-state index contributed by atoms with van der Waals surface area (Å²) in [7, 11) is 7.87. The second-order valence-corrected chi connectivity index (χ2v) is 9.01. The van der Waals surface area contributed by atoms with E-state index in [4.69, 9.17) is 4.98 Å². The molecule has 7 nitrogen and oxygen atoms in total. The summed E-state index contributed by atoms with van der Waals surface area (Å²) in [6, 6.07) is 9.72. The zero-order chi connectivity index (χ0) is 23.5. The van der Waals surface area contributed by atoms with E-state index >= 15 is 0 Å². The lowest BCUT2D eigenvalue weighted by Crippen LogP contribution is -2.39. The summed E-state index contributed by atoms with van der Waals surface area (Å²) in [6.45, 7) is 2.76. The number of likely N-dealkylation sites (tertiary alicyclic amines) is 1. The van der Waals surface area contributed by atoms with E-state index in [1.165, 1.54) is 0 Å². The summed E-state index contributed by atoms with van der Waals surface area (Å²) < 4.78 is 0. The van der Waals surface area contributed by atoms with E-state index in [0.29, 0.717) is 11.5 Å². The summed E-state index contributed by atoms with van der Waals surface area (Å²) in [5.74, 6) is 0.696. The third-order valence-corrected chi connectivity index (χ3v) is 6.23. The Balaban J connectivity index is 1.77. The molecule has 2 aromatic heterocycles. The van der Waals surface area contributed by atoms with Crippen LogP contribution in [-0.2, 0) is 0 Å². The number of benzene rings is 1. The summed E-state index contributed by atoms with van der Waals surface area (Å²) in [5, 5.41) is 0. The maximum absolute atomic E-state index is 13.6. The molecule has 7 heteroatoms. The van der Waals surface area contributed by atoms with Gasteiger partial charge in [0, 0.05) is 70.1 Å². The van der Waals surface area contributed by atoms with Gasteiger partial charge in [-0.15, -0.1) is 0 Å². The molecule has 0 saturated carbocycles. The predicted molar refractivity (Wildman–Crippen MR) is 133 cm³/mol. The maximum atomic E-state index is 13.6. The van der Waals surface area contributed by atoms with Gasteiger partial charge in [0.25, 0.3) is 5.91 Å². The molecule has 0 unspecified atom stereocenters. The Morgan fingerprint density at radius 3 is 2.39 bits per heavy atom. The fourth-order valence-electron chi connectivity index (χ4n) is 4.36. The predicted octanol–water partition coefficient (Wildman–Crippen LogP) is 4.35. The van der Waals surface area contributed by atoms with E-state index in [2.05, 4.69) is 9.97 Å². The minimum atomic E-state index is -0.107. The smallest absolute Gasteiger partial charge is 0.254 e. The molecule has 1 saturated heterocycles. The lowest BCUT2D eigenvalue weighted by atomic mass is 9.92. The number of carbonyl (C=O) groups is 1. The number of nitrogens with zero attached hydrogens (tertiary/aromatic N) is 6. The highest BCUT2D eigenvalue weighted by Crippen LogP contribution is 2.38. The largest absolute Gasteiger partial charge is 0.378 e. The maximum Gasteiger partial charge on any atom is 0.254 e. The van der Waals surface area contributed by atoms with Crippen molar-refractivity contribution < 1.29 is 4.79 Å². The molecule has 0 radical (unpaired) electrons. The van der Waals surface area contributed by atoms with Crippen LogP contribution in [0.2, 0.25) is 0 Å². The number of hydrogen-bond donors (Lipinski definition) is 0. The Morgan fingerprint density at radius 2 is 1.73 bits per heavy atom. The molecular weight excluding hydrogens is 412 g/mol. The van der Waals surface area contributed by atoms with Crippen LogP contribution in [0.15, 0.2) is 48.9 Å². The van der Waals surface area contributed by atoms with Crippen molar-refractivity contribution in [2.24, 2.45) is 0 Å². The molecule has 3 aromatic rings. The van der Waals surface area contributed by atoms with Gasteiger partial charge in [0.2, 0.25) is 5.95 Å². The molecule has 1 fully saturated rings. The van der Waals surface area contributed by atoms with Crippen LogP contribution in [0.25, 0.3) is 11.1 Å². The number of anilines is 2. The monoisotopic (exact) mass is 444 g/mol. The Labute approximate surface area is 196 Å². The van der Waals surface area contributed by atoms with Crippen molar-refractivity contribution in [1.82, 2.24) is 19.9 Å². The Kier molecular flexibility index (Phi) is 6.58. The van der Waals surface area contributed by atoms with Crippen molar-refractivity contribution in [2.45, 2.75) is 32.2 Å². The molecule has 3 heterocycles. The van der Waals surface area contributed by atoms with E-state index in [-0.39, 0.29) is 11.9 Å². The molecule has 0 spiro atoms. The van der Waals surface area contributed by atoms with E-state index in [1.54, 1.807) is 6.20 Å². The summed E-state index contributed by atoms with van der Waals surface area (Å²) in [5.41, 5.74) is 5.76. The van der Waals surface area contributed by atoms with E-state index in [9.17, 15) is 4.79 Å². The van der Waals surface area contributed by atoms with E-state index in [1.807, 2.05) is 92.5 Å². The van der Waals surface area contributed by atoms with Crippen LogP contribution in [0.5, 0.6) is 0 Å². The van der Waals surface area contributed by atoms with Gasteiger partial charge in [-0.1, -0.05) is 0 Å². The number of amides is 1. The van der Waals surface area contributed by atoms with Gasteiger partial charge in [-0.3, -0.25) is 9.78 Å². The first-order chi connectivity index (χ1) is 15.9. The molecule has 33 heavy (non-hydrogen) atoms. The van der Waals surface area contributed by atoms with Gasteiger partial charge in [-0.2, -0.15) is 0 Å². The number of pyridine rings is 1. The summed E-state index contributed by atoms with van der Waals surface area (Å²) in [4.78, 5) is 33.4. The van der Waals surface area contributed by atoms with Crippen LogP contribution in [0, 0.1) is 6.92 Å². The minimum absolute atomic E-state index is 0.0485. The van der Waals surface area contributed by atoms with Crippen molar-refractivity contribution >= 4 is 17.5 Å². The van der Waals surface area contributed by atoms with Gasteiger partial charge < -0.3 is 14.7 Å².